The van der Waals surface area contributed by atoms with Gasteiger partial charge in [-0.05, 0) is 42.7 Å². The Morgan fingerprint density at radius 2 is 1.87 bits per heavy atom. The van der Waals surface area contributed by atoms with Crippen molar-refractivity contribution in [3.63, 3.8) is 0 Å². The molecule has 3 atom stereocenters. The van der Waals surface area contributed by atoms with E-state index in [0.717, 1.165) is 25.5 Å². The zero-order chi connectivity index (χ0) is 20.8. The molecular formula is C24H27N5O. The van der Waals surface area contributed by atoms with Gasteiger partial charge in [-0.25, -0.2) is 4.98 Å². The maximum atomic E-state index is 13.5. The molecule has 2 aromatic heterocycles. The van der Waals surface area contributed by atoms with Crippen LogP contribution >= 0.6 is 0 Å². The van der Waals surface area contributed by atoms with Gasteiger partial charge in [-0.3, -0.25) is 9.48 Å². The van der Waals surface area contributed by atoms with E-state index in [-0.39, 0.29) is 11.9 Å². The van der Waals surface area contributed by atoms with Crippen LogP contribution in [0.4, 0.5) is 5.82 Å². The molecule has 0 unspecified atom stereocenters. The van der Waals surface area contributed by atoms with Crippen LogP contribution in [-0.2, 0) is 7.05 Å². The van der Waals surface area contributed by atoms with Crippen LogP contribution in [0.3, 0.4) is 0 Å². The average molecular weight is 402 g/mol. The van der Waals surface area contributed by atoms with Gasteiger partial charge in [-0.15, -0.1) is 0 Å². The number of pyridine rings is 1. The number of carbonyl (C=O) groups is 1. The van der Waals surface area contributed by atoms with Crippen molar-refractivity contribution in [2.75, 3.05) is 24.5 Å². The summed E-state index contributed by atoms with van der Waals surface area (Å²) in [6.07, 6.45) is 3.62. The van der Waals surface area contributed by atoms with Crippen molar-refractivity contribution < 1.29 is 4.79 Å². The maximum Gasteiger partial charge on any atom is 0.272 e. The number of amides is 1. The highest BCUT2D eigenvalue weighted by Gasteiger charge is 2.50. The fourth-order valence-electron chi connectivity index (χ4n) is 5.14. The Morgan fingerprint density at radius 3 is 2.57 bits per heavy atom. The van der Waals surface area contributed by atoms with Crippen molar-refractivity contribution in [3.8, 4) is 0 Å². The molecule has 2 fully saturated rings. The zero-order valence-corrected chi connectivity index (χ0v) is 17.7. The van der Waals surface area contributed by atoms with E-state index < -0.39 is 0 Å². The van der Waals surface area contributed by atoms with Crippen LogP contribution in [-0.4, -0.2) is 45.2 Å². The van der Waals surface area contributed by atoms with Crippen LogP contribution in [0.1, 0.15) is 33.2 Å². The van der Waals surface area contributed by atoms with E-state index in [9.17, 15) is 4.79 Å². The van der Waals surface area contributed by atoms with E-state index >= 15 is 0 Å². The Hall–Kier alpha value is -3.15. The van der Waals surface area contributed by atoms with E-state index in [0.29, 0.717) is 17.5 Å². The van der Waals surface area contributed by atoms with Gasteiger partial charge in [0.15, 0.2) is 0 Å². The number of rotatable bonds is 3. The molecule has 4 heterocycles. The van der Waals surface area contributed by atoms with Crippen molar-refractivity contribution in [1.29, 1.82) is 0 Å². The number of carbonyl (C=O) groups excluding carboxylic acids is 1. The second-order valence-corrected chi connectivity index (χ2v) is 8.62. The predicted octanol–water partition coefficient (Wildman–Crippen LogP) is 3.38. The number of likely N-dealkylation sites (tertiary alicyclic amines) is 1. The van der Waals surface area contributed by atoms with Crippen molar-refractivity contribution >= 4 is 11.7 Å². The largest absolute Gasteiger partial charge is 0.356 e. The lowest BCUT2D eigenvalue weighted by molar-refractivity contribution is 0.0704. The maximum absolute atomic E-state index is 13.5. The van der Waals surface area contributed by atoms with Gasteiger partial charge in [0, 0.05) is 50.9 Å². The highest BCUT2D eigenvalue weighted by atomic mass is 16.2. The third-order valence-electron chi connectivity index (χ3n) is 6.69. The zero-order valence-electron chi connectivity index (χ0n) is 17.7. The summed E-state index contributed by atoms with van der Waals surface area (Å²) in [7, 11) is 1.83. The highest BCUT2D eigenvalue weighted by molar-refractivity contribution is 5.93. The predicted molar refractivity (Wildman–Crippen MR) is 116 cm³/mol. The Morgan fingerprint density at radius 1 is 1.03 bits per heavy atom. The molecule has 6 heteroatoms. The minimum absolute atomic E-state index is 0.0639. The molecule has 154 valence electrons. The number of hydrogen-bond acceptors (Lipinski definition) is 4. The average Bonchev–Trinajstić information content (AvgIpc) is 3.43. The van der Waals surface area contributed by atoms with E-state index in [1.54, 1.807) is 10.9 Å². The van der Waals surface area contributed by atoms with Gasteiger partial charge >= 0.3 is 0 Å². The number of benzene rings is 1. The Kier molecular flexibility index (Phi) is 4.57. The van der Waals surface area contributed by atoms with Gasteiger partial charge in [0.05, 0.1) is 6.04 Å². The van der Waals surface area contributed by atoms with Crippen LogP contribution in [0.5, 0.6) is 0 Å². The van der Waals surface area contributed by atoms with Crippen molar-refractivity contribution in [2.24, 2.45) is 18.9 Å². The second-order valence-electron chi connectivity index (χ2n) is 8.62. The molecule has 3 aromatic rings. The van der Waals surface area contributed by atoms with E-state index in [1.807, 2.05) is 19.3 Å². The summed E-state index contributed by atoms with van der Waals surface area (Å²) in [5, 5.41) is 4.21. The molecule has 5 rings (SSSR count). The Balaban J connectivity index is 1.49. The van der Waals surface area contributed by atoms with Gasteiger partial charge in [0.25, 0.3) is 5.91 Å². The summed E-state index contributed by atoms with van der Waals surface area (Å²) in [5.41, 5.74) is 4.30. The molecule has 0 bridgehead atoms. The van der Waals surface area contributed by atoms with Gasteiger partial charge in [-0.2, -0.15) is 5.10 Å². The summed E-state index contributed by atoms with van der Waals surface area (Å²) in [4.78, 5) is 22.6. The minimum atomic E-state index is 0.0639. The van der Waals surface area contributed by atoms with Gasteiger partial charge < -0.3 is 9.80 Å². The molecule has 30 heavy (non-hydrogen) atoms. The summed E-state index contributed by atoms with van der Waals surface area (Å²) in [5.74, 6) is 1.90. The molecule has 2 saturated heterocycles. The number of fused-ring (bicyclic) bond motifs is 1. The lowest BCUT2D eigenvalue weighted by Crippen LogP contribution is -2.37. The summed E-state index contributed by atoms with van der Waals surface area (Å²) < 4.78 is 1.67. The first-order valence-corrected chi connectivity index (χ1v) is 10.5. The SMILES string of the molecule is Cc1ccc(N2C[C@H]3CN(C(=O)c4ccnn4C)[C@H](c4ccccc4C)[C@H]3C2)nc1. The number of aromatic nitrogens is 3. The first-order chi connectivity index (χ1) is 14.5. The van der Waals surface area contributed by atoms with Crippen LogP contribution in [0.15, 0.2) is 54.9 Å². The van der Waals surface area contributed by atoms with Crippen LogP contribution in [0.25, 0.3) is 0 Å². The van der Waals surface area contributed by atoms with Crippen molar-refractivity contribution in [3.05, 3.63) is 77.2 Å². The molecule has 2 aliphatic rings. The first kappa shape index (κ1) is 18.9. The third-order valence-corrected chi connectivity index (χ3v) is 6.69. The molecular weight excluding hydrogens is 374 g/mol. The third kappa shape index (κ3) is 3.07. The van der Waals surface area contributed by atoms with E-state index in [2.05, 4.69) is 70.1 Å². The van der Waals surface area contributed by atoms with Crippen LogP contribution in [0, 0.1) is 25.7 Å². The van der Waals surface area contributed by atoms with Gasteiger partial charge in [-0.1, -0.05) is 30.3 Å². The number of hydrogen-bond donors (Lipinski definition) is 0. The summed E-state index contributed by atoms with van der Waals surface area (Å²) >= 11 is 0. The Bertz CT molecular complexity index is 1070. The molecule has 0 saturated carbocycles. The lowest BCUT2D eigenvalue weighted by Gasteiger charge is -2.31. The van der Waals surface area contributed by atoms with E-state index in [1.165, 1.54) is 16.7 Å². The highest BCUT2D eigenvalue weighted by Crippen LogP contribution is 2.47. The standard InChI is InChI=1S/C24H27N5O/c1-16-8-9-22(25-12-16)28-13-18-14-29(24(30)21-10-11-26-27(21)3)23(20(18)15-28)19-7-5-4-6-17(19)2/h4-12,18,20,23H,13-15H2,1-3H3/t18-,20-,23+/m0/s1. The number of nitrogens with zero attached hydrogens (tertiary/aromatic N) is 5. The molecule has 2 aliphatic heterocycles. The Labute approximate surface area is 177 Å². The van der Waals surface area contributed by atoms with Gasteiger partial charge in [0.2, 0.25) is 0 Å². The minimum Gasteiger partial charge on any atom is -0.356 e. The quantitative estimate of drug-likeness (QED) is 0.675. The number of aryl methyl sites for hydroxylation is 3. The molecule has 1 aromatic carbocycles. The van der Waals surface area contributed by atoms with Gasteiger partial charge in [0.1, 0.15) is 11.5 Å². The number of anilines is 1. The first-order valence-electron chi connectivity index (χ1n) is 10.5. The normalized spacial score (nSPS) is 23.1. The summed E-state index contributed by atoms with van der Waals surface area (Å²) in [6, 6.07) is 14.6. The fraction of sp³-hybridized carbons (Fsp3) is 0.375. The smallest absolute Gasteiger partial charge is 0.272 e. The molecule has 0 spiro atoms. The van der Waals surface area contributed by atoms with Crippen molar-refractivity contribution in [2.45, 2.75) is 19.9 Å². The monoisotopic (exact) mass is 401 g/mol. The van der Waals surface area contributed by atoms with Crippen LogP contribution in [0.2, 0.25) is 0 Å². The molecule has 0 radical (unpaired) electrons. The van der Waals surface area contributed by atoms with Crippen molar-refractivity contribution in [1.82, 2.24) is 19.7 Å². The fourth-order valence-corrected chi connectivity index (χ4v) is 5.14. The molecule has 0 aliphatic carbocycles. The molecule has 6 nitrogen and oxygen atoms in total. The molecule has 0 N–H and O–H groups in total. The molecule has 1 amide bonds. The lowest BCUT2D eigenvalue weighted by atomic mass is 9.87. The second kappa shape index (κ2) is 7.27. The summed E-state index contributed by atoms with van der Waals surface area (Å²) in [6.45, 7) is 6.80. The van der Waals surface area contributed by atoms with Crippen LogP contribution < -0.4 is 4.90 Å². The topological polar surface area (TPSA) is 54.3 Å². The van der Waals surface area contributed by atoms with E-state index in [4.69, 9.17) is 0 Å².